The van der Waals surface area contributed by atoms with E-state index in [-0.39, 0.29) is 13.0 Å². The van der Waals surface area contributed by atoms with Crippen LogP contribution in [-0.2, 0) is 19.1 Å². The second kappa shape index (κ2) is 9.60. The smallest absolute Gasteiger partial charge is 0.311 e. The number of carbonyl (C=O) groups excluding carboxylic acids is 4. The van der Waals surface area contributed by atoms with Gasteiger partial charge >= 0.3 is 5.97 Å². The number of benzene rings is 2. The average Bonchev–Trinajstić information content (AvgIpc) is 3.09. The molecule has 3 rings (SSSR count). The largest absolute Gasteiger partial charge is 0.455 e. The summed E-state index contributed by atoms with van der Waals surface area (Å²) in [4.78, 5) is 48.5. The van der Waals surface area contributed by atoms with Gasteiger partial charge in [0.1, 0.15) is 0 Å². The molecule has 10 heteroatoms. The minimum atomic E-state index is -0.795. The van der Waals surface area contributed by atoms with Crippen LogP contribution in [0.2, 0.25) is 10.0 Å². The normalized spacial score (nSPS) is 15.6. The third-order valence-corrected chi connectivity index (χ3v) is 4.88. The monoisotopic (exact) mass is 449 g/mol. The summed E-state index contributed by atoms with van der Waals surface area (Å²) >= 11 is 11.7. The molecule has 1 aliphatic rings. The van der Waals surface area contributed by atoms with Crippen LogP contribution in [0.1, 0.15) is 16.8 Å². The van der Waals surface area contributed by atoms with Gasteiger partial charge in [-0.25, -0.2) is 0 Å². The van der Waals surface area contributed by atoms with Crippen LogP contribution in [0.5, 0.6) is 0 Å². The maximum Gasteiger partial charge on any atom is 0.311 e. The number of nitrogens with zero attached hydrogens (tertiary/aromatic N) is 1. The summed E-state index contributed by atoms with van der Waals surface area (Å²) in [6, 6.07) is 12.8. The molecule has 2 N–H and O–H groups in total. The number of rotatable bonds is 6. The van der Waals surface area contributed by atoms with Gasteiger partial charge in [0.25, 0.3) is 11.8 Å². The number of hydrogen-bond donors (Lipinski definition) is 2. The summed E-state index contributed by atoms with van der Waals surface area (Å²) < 4.78 is 5.00. The lowest BCUT2D eigenvalue weighted by molar-refractivity contribution is -0.151. The van der Waals surface area contributed by atoms with E-state index >= 15 is 0 Å². The molecule has 1 aliphatic heterocycles. The van der Waals surface area contributed by atoms with Crippen LogP contribution in [0.15, 0.2) is 48.5 Å². The number of halogens is 2. The number of hydrogen-bond acceptors (Lipinski definition) is 5. The molecule has 0 radical (unpaired) electrons. The molecule has 2 aromatic rings. The second-order valence-corrected chi connectivity index (χ2v) is 7.33. The number of nitrogens with one attached hydrogen (secondary N) is 2. The molecule has 2 aromatic carbocycles. The van der Waals surface area contributed by atoms with Gasteiger partial charge in [-0.15, -0.1) is 0 Å². The third kappa shape index (κ3) is 5.49. The van der Waals surface area contributed by atoms with Crippen molar-refractivity contribution in [2.75, 3.05) is 18.5 Å². The van der Waals surface area contributed by atoms with Gasteiger partial charge in [0.2, 0.25) is 5.91 Å². The second-order valence-electron chi connectivity index (χ2n) is 6.49. The number of anilines is 1. The van der Waals surface area contributed by atoms with Crippen molar-refractivity contribution in [1.82, 2.24) is 10.4 Å². The summed E-state index contributed by atoms with van der Waals surface area (Å²) in [5.74, 6) is -3.00. The Hall–Kier alpha value is -3.10. The highest BCUT2D eigenvalue weighted by Crippen LogP contribution is 2.21. The van der Waals surface area contributed by atoms with Crippen molar-refractivity contribution in [2.24, 2.45) is 5.92 Å². The zero-order valence-corrected chi connectivity index (χ0v) is 17.1. The minimum Gasteiger partial charge on any atom is -0.455 e. The van der Waals surface area contributed by atoms with Crippen LogP contribution >= 0.6 is 23.2 Å². The van der Waals surface area contributed by atoms with Crippen LogP contribution in [0, 0.1) is 5.92 Å². The standard InChI is InChI=1S/C20H17Cl2N3O5/c21-14-7-5-12(6-8-14)19(28)24-25-10-13(9-18(25)27)20(29)30-11-17(26)23-16-4-2-1-3-15(16)22/h1-8,13H,9-11H2,(H,23,26)(H,24,28). The van der Waals surface area contributed by atoms with Gasteiger partial charge in [-0.1, -0.05) is 35.3 Å². The lowest BCUT2D eigenvalue weighted by atomic mass is 10.1. The predicted octanol–water partition coefficient (Wildman–Crippen LogP) is 2.67. The first-order valence-corrected chi connectivity index (χ1v) is 9.67. The van der Waals surface area contributed by atoms with Gasteiger partial charge in [0, 0.05) is 17.0 Å². The van der Waals surface area contributed by atoms with Crippen LogP contribution in [0.4, 0.5) is 5.69 Å². The molecule has 1 unspecified atom stereocenters. The van der Waals surface area contributed by atoms with E-state index in [1.807, 2.05) is 0 Å². The number of carbonyl (C=O) groups is 4. The molecule has 1 saturated heterocycles. The summed E-state index contributed by atoms with van der Waals surface area (Å²) in [6.45, 7) is -0.574. The molecule has 1 fully saturated rings. The highest BCUT2D eigenvalue weighted by atomic mass is 35.5. The average molecular weight is 450 g/mol. The molecule has 8 nitrogen and oxygen atoms in total. The van der Waals surface area contributed by atoms with Crippen molar-refractivity contribution in [3.8, 4) is 0 Å². The highest BCUT2D eigenvalue weighted by molar-refractivity contribution is 6.33. The van der Waals surface area contributed by atoms with Crippen molar-refractivity contribution in [3.63, 3.8) is 0 Å². The van der Waals surface area contributed by atoms with Crippen molar-refractivity contribution in [2.45, 2.75) is 6.42 Å². The molecular weight excluding hydrogens is 433 g/mol. The van der Waals surface area contributed by atoms with Gasteiger partial charge < -0.3 is 10.1 Å². The van der Waals surface area contributed by atoms with Crippen LogP contribution in [0.25, 0.3) is 0 Å². The maximum absolute atomic E-state index is 12.2. The van der Waals surface area contributed by atoms with E-state index in [4.69, 9.17) is 27.9 Å². The molecule has 0 aromatic heterocycles. The Morgan fingerprint density at radius 1 is 1.07 bits per heavy atom. The molecule has 30 heavy (non-hydrogen) atoms. The first-order valence-electron chi connectivity index (χ1n) is 8.91. The zero-order valence-electron chi connectivity index (χ0n) is 15.6. The SMILES string of the molecule is O=C(COC(=O)C1CC(=O)N(NC(=O)c2ccc(Cl)cc2)C1)Nc1ccccc1Cl. The Balaban J connectivity index is 1.48. The van der Waals surface area contributed by atoms with Crippen LogP contribution in [0.3, 0.4) is 0 Å². The van der Waals surface area contributed by atoms with Crippen molar-refractivity contribution >= 4 is 52.6 Å². The van der Waals surface area contributed by atoms with E-state index in [0.29, 0.717) is 21.3 Å². The van der Waals surface area contributed by atoms with E-state index in [1.165, 1.54) is 12.1 Å². The van der Waals surface area contributed by atoms with Crippen molar-refractivity contribution < 1.29 is 23.9 Å². The number of ether oxygens (including phenoxy) is 1. The van der Waals surface area contributed by atoms with E-state index in [1.54, 1.807) is 36.4 Å². The Morgan fingerprint density at radius 3 is 2.47 bits per heavy atom. The number of amides is 3. The van der Waals surface area contributed by atoms with E-state index in [2.05, 4.69) is 10.7 Å². The number of esters is 1. The van der Waals surface area contributed by atoms with Gasteiger partial charge in [-0.05, 0) is 36.4 Å². The molecule has 156 valence electrons. The summed E-state index contributed by atoms with van der Waals surface area (Å²) in [6.07, 6.45) is -0.133. The molecule has 0 spiro atoms. The summed E-state index contributed by atoms with van der Waals surface area (Å²) in [5.41, 5.74) is 3.16. The first kappa shape index (κ1) is 21.6. The zero-order chi connectivity index (χ0) is 21.7. The van der Waals surface area contributed by atoms with E-state index in [0.717, 1.165) is 5.01 Å². The maximum atomic E-state index is 12.2. The van der Waals surface area contributed by atoms with Gasteiger partial charge in [-0.2, -0.15) is 0 Å². The Kier molecular flexibility index (Phi) is 6.91. The van der Waals surface area contributed by atoms with Gasteiger partial charge in [0.05, 0.1) is 23.2 Å². The quantitative estimate of drug-likeness (QED) is 0.659. The van der Waals surface area contributed by atoms with Gasteiger partial charge in [-0.3, -0.25) is 29.6 Å². The topological polar surface area (TPSA) is 105 Å². The fraction of sp³-hybridized carbons (Fsp3) is 0.200. The first-order chi connectivity index (χ1) is 14.3. The lowest BCUT2D eigenvalue weighted by Gasteiger charge is -2.17. The van der Waals surface area contributed by atoms with E-state index < -0.39 is 36.2 Å². The highest BCUT2D eigenvalue weighted by Gasteiger charge is 2.36. The minimum absolute atomic E-state index is 0.0525. The molecular formula is C20H17Cl2N3O5. The Labute approximate surface area is 182 Å². The number of hydrazine groups is 1. The summed E-state index contributed by atoms with van der Waals surface area (Å²) in [5, 5.41) is 4.42. The molecule has 1 heterocycles. The lowest BCUT2D eigenvalue weighted by Crippen LogP contribution is -2.43. The Morgan fingerprint density at radius 2 is 1.77 bits per heavy atom. The third-order valence-electron chi connectivity index (χ3n) is 4.29. The summed E-state index contributed by atoms with van der Waals surface area (Å²) in [7, 11) is 0. The molecule has 0 bridgehead atoms. The van der Waals surface area contributed by atoms with Crippen LogP contribution in [-0.4, -0.2) is 41.9 Å². The van der Waals surface area contributed by atoms with Crippen LogP contribution < -0.4 is 10.7 Å². The molecule has 0 aliphatic carbocycles. The fourth-order valence-corrected chi connectivity index (χ4v) is 3.07. The van der Waals surface area contributed by atoms with Gasteiger partial charge in [0.15, 0.2) is 6.61 Å². The van der Waals surface area contributed by atoms with Crippen molar-refractivity contribution in [1.29, 1.82) is 0 Å². The number of para-hydroxylation sites is 1. The van der Waals surface area contributed by atoms with E-state index in [9.17, 15) is 19.2 Å². The Bertz CT molecular complexity index is 981. The predicted molar refractivity (Wildman–Crippen MR) is 110 cm³/mol. The molecule has 3 amide bonds. The molecule has 1 atom stereocenters. The fourth-order valence-electron chi connectivity index (χ4n) is 2.77. The van der Waals surface area contributed by atoms with Crippen molar-refractivity contribution in [3.05, 3.63) is 64.1 Å². The molecule has 0 saturated carbocycles.